The van der Waals surface area contributed by atoms with Crippen LogP contribution in [0.5, 0.6) is 0 Å². The highest BCUT2D eigenvalue weighted by molar-refractivity contribution is 9.10. The molecule has 2 aliphatic heterocycles. The van der Waals surface area contributed by atoms with Crippen molar-refractivity contribution in [1.82, 2.24) is 5.32 Å². The lowest BCUT2D eigenvalue weighted by atomic mass is 10.1. The lowest BCUT2D eigenvalue weighted by Gasteiger charge is -2.30. The van der Waals surface area contributed by atoms with Crippen LogP contribution in [-0.4, -0.2) is 30.0 Å². The molecule has 0 saturated carbocycles. The second kappa shape index (κ2) is 8.08. The molecule has 2 amide bonds. The third kappa shape index (κ3) is 3.97. The van der Waals surface area contributed by atoms with Gasteiger partial charge in [-0.1, -0.05) is 28.1 Å². The zero-order valence-electron chi connectivity index (χ0n) is 15.9. The molecule has 29 heavy (non-hydrogen) atoms. The van der Waals surface area contributed by atoms with Crippen LogP contribution in [0.2, 0.25) is 0 Å². The first-order valence-corrected chi connectivity index (χ1v) is 10.7. The molecule has 7 heteroatoms. The maximum atomic E-state index is 13.2. The standard InChI is InChI=1S/C22H20BrN3O2S/c1-14-12-16(23)6-9-19(14)26-21(28)18(20(27)24-22(26)29)13-15-4-7-17(8-5-15)25-10-2-3-11-25/h4-9,12-13H,2-3,10-11H2,1H3,(H,24,27,29)/b18-13-. The summed E-state index contributed by atoms with van der Waals surface area (Å²) < 4.78 is 0.909. The Hall–Kier alpha value is -2.51. The smallest absolute Gasteiger partial charge is 0.270 e. The number of carbonyl (C=O) groups is 2. The molecule has 2 heterocycles. The van der Waals surface area contributed by atoms with Crippen LogP contribution in [-0.2, 0) is 9.59 Å². The zero-order chi connectivity index (χ0) is 20.5. The topological polar surface area (TPSA) is 52.7 Å². The van der Waals surface area contributed by atoms with Crippen molar-refractivity contribution in [2.45, 2.75) is 19.8 Å². The van der Waals surface area contributed by atoms with E-state index in [1.807, 2.05) is 49.4 Å². The van der Waals surface area contributed by atoms with Gasteiger partial charge in [-0.2, -0.15) is 0 Å². The number of thiocarbonyl (C=S) groups is 1. The van der Waals surface area contributed by atoms with Crippen LogP contribution in [0, 0.1) is 6.92 Å². The average Bonchev–Trinajstić information content (AvgIpc) is 3.22. The fourth-order valence-corrected chi connectivity index (χ4v) is 4.42. The van der Waals surface area contributed by atoms with Crippen molar-refractivity contribution >= 4 is 62.5 Å². The molecule has 2 aromatic carbocycles. The van der Waals surface area contributed by atoms with Gasteiger partial charge in [0.1, 0.15) is 5.57 Å². The van der Waals surface area contributed by atoms with E-state index in [2.05, 4.69) is 26.1 Å². The largest absolute Gasteiger partial charge is 0.372 e. The minimum absolute atomic E-state index is 0.0647. The molecule has 0 bridgehead atoms. The van der Waals surface area contributed by atoms with Gasteiger partial charge in [0.05, 0.1) is 5.69 Å². The van der Waals surface area contributed by atoms with E-state index in [0.29, 0.717) is 5.69 Å². The van der Waals surface area contributed by atoms with Crippen LogP contribution in [0.25, 0.3) is 6.08 Å². The quantitative estimate of drug-likeness (QED) is 0.415. The second-order valence-corrected chi connectivity index (χ2v) is 8.48. The van der Waals surface area contributed by atoms with E-state index in [1.54, 1.807) is 6.08 Å². The van der Waals surface area contributed by atoms with Gasteiger partial charge in [0, 0.05) is 23.2 Å². The van der Waals surface area contributed by atoms with Crippen molar-refractivity contribution in [2.75, 3.05) is 22.9 Å². The van der Waals surface area contributed by atoms with Crippen molar-refractivity contribution < 1.29 is 9.59 Å². The normalized spacial score (nSPS) is 18.6. The fraction of sp³-hybridized carbons (Fsp3) is 0.227. The summed E-state index contributed by atoms with van der Waals surface area (Å²) in [7, 11) is 0. The molecule has 2 aliphatic rings. The van der Waals surface area contributed by atoms with Crippen molar-refractivity contribution in [3.8, 4) is 0 Å². The third-order valence-electron chi connectivity index (χ3n) is 5.18. The van der Waals surface area contributed by atoms with Gasteiger partial charge >= 0.3 is 0 Å². The number of nitrogens with zero attached hydrogens (tertiary/aromatic N) is 2. The van der Waals surface area contributed by atoms with Gasteiger partial charge in [-0.3, -0.25) is 19.8 Å². The van der Waals surface area contributed by atoms with Crippen LogP contribution < -0.4 is 15.1 Å². The zero-order valence-corrected chi connectivity index (χ0v) is 18.3. The SMILES string of the molecule is Cc1cc(Br)ccc1N1C(=O)/C(=C\c2ccc(N3CCCC3)cc2)C(=O)NC1=S. The van der Waals surface area contributed by atoms with Crippen molar-refractivity contribution in [3.05, 3.63) is 63.6 Å². The number of carbonyl (C=O) groups excluding carboxylic acids is 2. The monoisotopic (exact) mass is 469 g/mol. The highest BCUT2D eigenvalue weighted by atomic mass is 79.9. The number of aryl methyl sites for hydroxylation is 1. The van der Waals surface area contributed by atoms with E-state index in [-0.39, 0.29) is 10.7 Å². The number of anilines is 2. The summed E-state index contributed by atoms with van der Waals surface area (Å²) in [5.41, 5.74) is 3.55. The first kappa shape index (κ1) is 19.8. The number of hydrogen-bond acceptors (Lipinski definition) is 4. The molecule has 0 aliphatic carbocycles. The van der Waals surface area contributed by atoms with E-state index in [4.69, 9.17) is 12.2 Å². The van der Waals surface area contributed by atoms with Crippen molar-refractivity contribution in [3.63, 3.8) is 0 Å². The van der Waals surface area contributed by atoms with E-state index >= 15 is 0 Å². The number of amides is 2. The van der Waals surface area contributed by atoms with Gasteiger partial charge in [0.2, 0.25) is 0 Å². The lowest BCUT2D eigenvalue weighted by Crippen LogP contribution is -2.54. The summed E-state index contributed by atoms with van der Waals surface area (Å²) in [6, 6.07) is 13.5. The number of rotatable bonds is 3. The summed E-state index contributed by atoms with van der Waals surface area (Å²) in [6.45, 7) is 4.04. The molecule has 2 fully saturated rings. The summed E-state index contributed by atoms with van der Waals surface area (Å²) >= 11 is 8.71. The molecule has 0 spiro atoms. The predicted molar refractivity (Wildman–Crippen MR) is 123 cm³/mol. The van der Waals surface area contributed by atoms with Gasteiger partial charge in [-0.05, 0) is 79.5 Å². The highest BCUT2D eigenvalue weighted by Crippen LogP contribution is 2.28. The molecule has 2 saturated heterocycles. The first-order valence-electron chi connectivity index (χ1n) is 9.46. The minimum Gasteiger partial charge on any atom is -0.372 e. The Bertz CT molecular complexity index is 1030. The average molecular weight is 470 g/mol. The maximum Gasteiger partial charge on any atom is 0.270 e. The molecule has 148 valence electrons. The maximum absolute atomic E-state index is 13.2. The molecular weight excluding hydrogens is 450 g/mol. The summed E-state index contributed by atoms with van der Waals surface area (Å²) in [4.78, 5) is 29.4. The van der Waals surface area contributed by atoms with Crippen LogP contribution >= 0.6 is 28.1 Å². The molecule has 0 aromatic heterocycles. The Morgan fingerprint density at radius 3 is 2.41 bits per heavy atom. The Kier molecular flexibility index (Phi) is 5.52. The summed E-state index contributed by atoms with van der Waals surface area (Å²) in [5.74, 6) is -0.901. The third-order valence-corrected chi connectivity index (χ3v) is 5.95. The Balaban J connectivity index is 1.64. The Labute approximate surface area is 183 Å². The van der Waals surface area contributed by atoms with Gasteiger partial charge in [-0.15, -0.1) is 0 Å². The number of halogens is 1. The number of nitrogens with one attached hydrogen (secondary N) is 1. The Morgan fingerprint density at radius 1 is 1.07 bits per heavy atom. The molecule has 4 rings (SSSR count). The Morgan fingerprint density at radius 2 is 1.76 bits per heavy atom. The van der Waals surface area contributed by atoms with Gasteiger partial charge < -0.3 is 4.90 Å². The molecule has 0 radical (unpaired) electrons. The first-order chi connectivity index (χ1) is 13.9. The van der Waals surface area contributed by atoms with E-state index in [1.165, 1.54) is 17.7 Å². The summed E-state index contributed by atoms with van der Waals surface area (Å²) in [6.07, 6.45) is 4.05. The number of hydrogen-bond donors (Lipinski definition) is 1. The molecule has 0 atom stereocenters. The van der Waals surface area contributed by atoms with E-state index < -0.39 is 11.8 Å². The van der Waals surface area contributed by atoms with Crippen LogP contribution in [0.15, 0.2) is 52.5 Å². The minimum atomic E-state index is -0.477. The molecular formula is C22H20BrN3O2S. The van der Waals surface area contributed by atoms with Crippen LogP contribution in [0.1, 0.15) is 24.0 Å². The highest BCUT2D eigenvalue weighted by Gasteiger charge is 2.35. The van der Waals surface area contributed by atoms with E-state index in [0.717, 1.165) is 34.4 Å². The molecule has 5 nitrogen and oxygen atoms in total. The van der Waals surface area contributed by atoms with Gasteiger partial charge in [-0.25, -0.2) is 0 Å². The fourth-order valence-electron chi connectivity index (χ4n) is 3.67. The molecule has 2 aromatic rings. The number of benzene rings is 2. The predicted octanol–water partition coefficient (Wildman–Crippen LogP) is 4.19. The lowest BCUT2D eigenvalue weighted by molar-refractivity contribution is -0.122. The van der Waals surface area contributed by atoms with Crippen LogP contribution in [0.3, 0.4) is 0 Å². The van der Waals surface area contributed by atoms with E-state index in [9.17, 15) is 9.59 Å². The van der Waals surface area contributed by atoms with Gasteiger partial charge in [0.25, 0.3) is 11.8 Å². The van der Waals surface area contributed by atoms with Crippen molar-refractivity contribution in [2.24, 2.45) is 0 Å². The second-order valence-electron chi connectivity index (χ2n) is 7.17. The van der Waals surface area contributed by atoms with Gasteiger partial charge in [0.15, 0.2) is 5.11 Å². The molecule has 0 unspecified atom stereocenters. The van der Waals surface area contributed by atoms with Crippen LogP contribution in [0.4, 0.5) is 11.4 Å². The summed E-state index contributed by atoms with van der Waals surface area (Å²) in [5, 5.41) is 2.73. The molecule has 1 N–H and O–H groups in total. The van der Waals surface area contributed by atoms with Crippen molar-refractivity contribution in [1.29, 1.82) is 0 Å².